The maximum Gasteiger partial charge on any atom is 0.223 e. The van der Waals surface area contributed by atoms with E-state index in [4.69, 9.17) is 0 Å². The molecule has 0 radical (unpaired) electrons. The molecule has 2 aliphatic heterocycles. The molecule has 1 N–H and O–H groups in total. The number of carbonyl (C=O) groups excluding carboxylic acids is 1. The molecule has 3 rings (SSSR count). The summed E-state index contributed by atoms with van der Waals surface area (Å²) >= 11 is 0. The summed E-state index contributed by atoms with van der Waals surface area (Å²) in [5.41, 5.74) is 0.278. The van der Waals surface area contributed by atoms with Crippen molar-refractivity contribution >= 4 is 5.91 Å². The molecule has 62 valence electrons. The quantitative estimate of drug-likeness (QED) is 0.556. The van der Waals surface area contributed by atoms with Crippen LogP contribution in [-0.4, -0.2) is 12.5 Å². The molecule has 0 aromatic rings. The predicted octanol–water partition coefficient (Wildman–Crippen LogP) is 1.17. The predicted molar refractivity (Wildman–Crippen MR) is 43.0 cm³/mol. The maximum atomic E-state index is 11.4. The highest BCUT2D eigenvalue weighted by molar-refractivity contribution is 5.81. The molecule has 1 amide bonds. The molecule has 3 fully saturated rings. The van der Waals surface area contributed by atoms with Gasteiger partial charge in [-0.3, -0.25) is 4.79 Å². The Morgan fingerprint density at radius 3 is 2.91 bits per heavy atom. The average Bonchev–Trinajstić information content (AvgIpc) is 2.17. The molecule has 2 bridgehead atoms. The fourth-order valence-corrected chi connectivity index (χ4v) is 2.44. The third-order valence-corrected chi connectivity index (χ3v) is 3.58. The van der Waals surface area contributed by atoms with Gasteiger partial charge < -0.3 is 5.32 Å². The van der Waals surface area contributed by atoms with Crippen LogP contribution in [0.5, 0.6) is 0 Å². The van der Waals surface area contributed by atoms with Gasteiger partial charge in [-0.2, -0.15) is 0 Å². The molecule has 2 nitrogen and oxygen atoms in total. The summed E-state index contributed by atoms with van der Waals surface area (Å²) in [6, 6.07) is 0. The smallest absolute Gasteiger partial charge is 0.223 e. The fraction of sp³-hybridized carbons (Fsp3) is 0.889. The number of fused-ring (bicyclic) bond motifs is 3. The zero-order valence-corrected chi connectivity index (χ0v) is 7.18. The SMILES string of the molecule is CC1(C)[C@@H]2CCNC(=O)[C@@H]1C2. The molecular formula is C9H15NO. The largest absolute Gasteiger partial charge is 0.356 e. The summed E-state index contributed by atoms with van der Waals surface area (Å²) in [6.07, 6.45) is 2.30. The Hall–Kier alpha value is -0.530. The second-order valence-electron chi connectivity index (χ2n) is 4.39. The Bertz CT molecular complexity index is 198. The van der Waals surface area contributed by atoms with Crippen LogP contribution in [0.25, 0.3) is 0 Å². The summed E-state index contributed by atoms with van der Waals surface area (Å²) in [5, 5.41) is 2.95. The molecule has 0 unspecified atom stereocenters. The van der Waals surface area contributed by atoms with E-state index in [0.29, 0.717) is 5.92 Å². The van der Waals surface area contributed by atoms with E-state index in [1.165, 1.54) is 6.42 Å². The van der Waals surface area contributed by atoms with Crippen molar-refractivity contribution in [3.8, 4) is 0 Å². The summed E-state index contributed by atoms with van der Waals surface area (Å²) in [7, 11) is 0. The van der Waals surface area contributed by atoms with Gasteiger partial charge in [0.1, 0.15) is 0 Å². The first-order valence-electron chi connectivity index (χ1n) is 4.40. The molecule has 0 aromatic carbocycles. The summed E-state index contributed by atoms with van der Waals surface area (Å²) in [5.74, 6) is 1.37. The lowest BCUT2D eigenvalue weighted by atomic mass is 9.54. The van der Waals surface area contributed by atoms with E-state index in [1.807, 2.05) is 0 Å². The van der Waals surface area contributed by atoms with Crippen LogP contribution in [0, 0.1) is 17.3 Å². The second kappa shape index (κ2) is 1.99. The van der Waals surface area contributed by atoms with Crippen molar-refractivity contribution in [2.45, 2.75) is 26.7 Å². The van der Waals surface area contributed by atoms with E-state index in [9.17, 15) is 4.79 Å². The molecule has 11 heavy (non-hydrogen) atoms. The van der Waals surface area contributed by atoms with Crippen LogP contribution in [-0.2, 0) is 4.79 Å². The first-order chi connectivity index (χ1) is 5.12. The van der Waals surface area contributed by atoms with Gasteiger partial charge in [0.2, 0.25) is 5.91 Å². The van der Waals surface area contributed by atoms with Crippen molar-refractivity contribution in [2.75, 3.05) is 6.54 Å². The zero-order chi connectivity index (χ0) is 8.06. The van der Waals surface area contributed by atoms with Crippen molar-refractivity contribution in [3.63, 3.8) is 0 Å². The van der Waals surface area contributed by atoms with E-state index in [1.54, 1.807) is 0 Å². The number of rotatable bonds is 0. The first kappa shape index (κ1) is 7.14. The lowest BCUT2D eigenvalue weighted by molar-refractivity contribution is -0.136. The number of amides is 1. The van der Waals surface area contributed by atoms with E-state index in [2.05, 4.69) is 19.2 Å². The molecule has 1 aliphatic carbocycles. The highest BCUT2D eigenvalue weighted by Crippen LogP contribution is 2.53. The maximum absolute atomic E-state index is 11.4. The Balaban J connectivity index is 2.22. The summed E-state index contributed by atoms with van der Waals surface area (Å²) in [4.78, 5) is 11.4. The van der Waals surface area contributed by atoms with Gasteiger partial charge in [-0.1, -0.05) is 13.8 Å². The van der Waals surface area contributed by atoms with Gasteiger partial charge in [0, 0.05) is 12.5 Å². The Morgan fingerprint density at radius 2 is 2.27 bits per heavy atom. The summed E-state index contributed by atoms with van der Waals surface area (Å²) in [6.45, 7) is 5.33. The third kappa shape index (κ3) is 0.815. The van der Waals surface area contributed by atoms with Crippen LogP contribution in [0.2, 0.25) is 0 Å². The van der Waals surface area contributed by atoms with Crippen molar-refractivity contribution in [1.29, 1.82) is 0 Å². The van der Waals surface area contributed by atoms with Crippen molar-refractivity contribution in [1.82, 2.24) is 5.32 Å². The Kier molecular flexibility index (Phi) is 1.29. The van der Waals surface area contributed by atoms with Crippen molar-refractivity contribution in [2.24, 2.45) is 17.3 Å². The Morgan fingerprint density at radius 1 is 1.55 bits per heavy atom. The highest BCUT2D eigenvalue weighted by Gasteiger charge is 2.52. The molecule has 0 aromatic heterocycles. The molecular weight excluding hydrogens is 138 g/mol. The number of hydrogen-bond donors (Lipinski definition) is 1. The molecule has 2 atom stereocenters. The van der Waals surface area contributed by atoms with Gasteiger partial charge in [0.05, 0.1) is 0 Å². The van der Waals surface area contributed by atoms with Crippen LogP contribution in [0.1, 0.15) is 26.7 Å². The van der Waals surface area contributed by atoms with Gasteiger partial charge >= 0.3 is 0 Å². The molecule has 2 heteroatoms. The van der Waals surface area contributed by atoms with Crippen LogP contribution < -0.4 is 5.32 Å². The Labute approximate surface area is 67.4 Å². The zero-order valence-electron chi connectivity index (χ0n) is 7.18. The monoisotopic (exact) mass is 153 g/mol. The standard InChI is InChI=1S/C9H15NO/c1-9(2)6-3-4-10-8(11)7(9)5-6/h6-7H,3-5H2,1-2H3,(H,10,11)/t6-,7+/m1/s1. The molecule has 1 saturated carbocycles. The average molecular weight is 153 g/mol. The molecule has 2 heterocycles. The van der Waals surface area contributed by atoms with Crippen LogP contribution >= 0.6 is 0 Å². The number of hydrogen-bond acceptors (Lipinski definition) is 1. The second-order valence-corrected chi connectivity index (χ2v) is 4.39. The van der Waals surface area contributed by atoms with Gasteiger partial charge in [-0.05, 0) is 24.2 Å². The van der Waals surface area contributed by atoms with Gasteiger partial charge in [0.15, 0.2) is 0 Å². The minimum absolute atomic E-state index is 0.278. The van der Waals surface area contributed by atoms with Crippen molar-refractivity contribution in [3.05, 3.63) is 0 Å². The topological polar surface area (TPSA) is 29.1 Å². The van der Waals surface area contributed by atoms with Crippen molar-refractivity contribution < 1.29 is 4.79 Å². The summed E-state index contributed by atoms with van der Waals surface area (Å²) < 4.78 is 0. The van der Waals surface area contributed by atoms with Crippen LogP contribution in [0.3, 0.4) is 0 Å². The van der Waals surface area contributed by atoms with Crippen LogP contribution in [0.4, 0.5) is 0 Å². The number of nitrogens with one attached hydrogen (secondary N) is 1. The van der Waals surface area contributed by atoms with Gasteiger partial charge in [0.25, 0.3) is 0 Å². The van der Waals surface area contributed by atoms with Gasteiger partial charge in [-0.25, -0.2) is 0 Å². The molecule has 0 spiro atoms. The molecule has 3 aliphatic rings. The number of carbonyl (C=O) groups is 1. The minimum Gasteiger partial charge on any atom is -0.356 e. The lowest BCUT2D eigenvalue weighted by Crippen LogP contribution is -2.48. The van der Waals surface area contributed by atoms with E-state index in [-0.39, 0.29) is 11.3 Å². The normalized spacial score (nSPS) is 40.4. The third-order valence-electron chi connectivity index (χ3n) is 3.58. The van der Waals surface area contributed by atoms with E-state index < -0.39 is 0 Å². The fourth-order valence-electron chi connectivity index (χ4n) is 2.44. The van der Waals surface area contributed by atoms with E-state index in [0.717, 1.165) is 18.9 Å². The van der Waals surface area contributed by atoms with E-state index >= 15 is 0 Å². The van der Waals surface area contributed by atoms with Crippen LogP contribution in [0.15, 0.2) is 0 Å². The van der Waals surface area contributed by atoms with Gasteiger partial charge in [-0.15, -0.1) is 0 Å². The minimum atomic E-state index is 0.278. The lowest BCUT2D eigenvalue weighted by Gasteiger charge is -2.49. The first-order valence-corrected chi connectivity index (χ1v) is 4.40. The highest BCUT2D eigenvalue weighted by atomic mass is 16.2. The molecule has 2 saturated heterocycles.